The van der Waals surface area contributed by atoms with E-state index in [4.69, 9.17) is 9.47 Å². The molecule has 0 atom stereocenters. The van der Waals surface area contributed by atoms with Crippen molar-refractivity contribution in [3.05, 3.63) is 66.6 Å². The summed E-state index contributed by atoms with van der Waals surface area (Å²) in [5, 5.41) is 4.28. The van der Waals surface area contributed by atoms with Crippen LogP contribution in [-0.4, -0.2) is 45.8 Å². The maximum atomic E-state index is 12.3. The highest BCUT2D eigenvalue weighted by molar-refractivity contribution is 8.00. The first kappa shape index (κ1) is 21.5. The number of carbonyl (C=O) groups is 1. The van der Waals surface area contributed by atoms with Crippen LogP contribution in [0.15, 0.2) is 66.1 Å². The minimum atomic E-state index is -0.0895. The lowest BCUT2D eigenvalue weighted by atomic mass is 10.2. The summed E-state index contributed by atoms with van der Waals surface area (Å²) in [6, 6.07) is 15.1. The summed E-state index contributed by atoms with van der Waals surface area (Å²) in [6.45, 7) is 0.447. The molecule has 0 unspecified atom stereocenters. The summed E-state index contributed by atoms with van der Waals surface area (Å²) in [6.07, 6.45) is 3.14. The Hall–Kier alpha value is -3.72. The van der Waals surface area contributed by atoms with Crippen molar-refractivity contribution in [1.29, 1.82) is 0 Å². The van der Waals surface area contributed by atoms with Gasteiger partial charge in [0, 0.05) is 18.3 Å². The van der Waals surface area contributed by atoms with Gasteiger partial charge in [0.2, 0.25) is 5.91 Å². The molecule has 0 aliphatic rings. The van der Waals surface area contributed by atoms with Crippen molar-refractivity contribution in [2.75, 3.05) is 20.0 Å². The van der Waals surface area contributed by atoms with Gasteiger partial charge in [0.1, 0.15) is 22.9 Å². The normalized spacial score (nSPS) is 10.7. The van der Waals surface area contributed by atoms with Gasteiger partial charge in [-0.1, -0.05) is 23.9 Å². The van der Waals surface area contributed by atoms with Crippen LogP contribution in [0.25, 0.3) is 22.4 Å². The largest absolute Gasteiger partial charge is 0.497 e. The second kappa shape index (κ2) is 10.1. The number of ether oxygens (including phenoxy) is 2. The number of nitrogens with zero attached hydrogens (tertiary/aromatic N) is 4. The number of carbonyl (C=O) groups excluding carboxylic acids is 1. The number of benzene rings is 2. The van der Waals surface area contributed by atoms with Crippen LogP contribution in [0.5, 0.6) is 11.5 Å². The van der Waals surface area contributed by atoms with Crippen LogP contribution in [0, 0.1) is 0 Å². The third kappa shape index (κ3) is 5.12. The molecule has 0 aliphatic heterocycles. The molecule has 2 aromatic heterocycles. The number of hydrogen-bond donors (Lipinski definition) is 1. The number of thioether (sulfide) groups is 1. The molecule has 0 fully saturated rings. The van der Waals surface area contributed by atoms with Crippen LogP contribution in [0.2, 0.25) is 0 Å². The Balaban J connectivity index is 1.40. The van der Waals surface area contributed by atoms with E-state index in [1.54, 1.807) is 20.4 Å². The molecule has 162 valence electrons. The van der Waals surface area contributed by atoms with Gasteiger partial charge in [0.15, 0.2) is 11.5 Å². The SMILES string of the molecule is COc1ccc(CNC(=O)CSc2ncnc3nc(-c4ccc(OC)cc4)ncc23)cc1. The van der Waals surface area contributed by atoms with E-state index in [9.17, 15) is 4.79 Å². The number of fused-ring (bicyclic) bond motifs is 1. The van der Waals surface area contributed by atoms with E-state index in [1.165, 1.54) is 18.1 Å². The van der Waals surface area contributed by atoms with Crippen LogP contribution in [-0.2, 0) is 11.3 Å². The van der Waals surface area contributed by atoms with Gasteiger partial charge in [0.25, 0.3) is 0 Å². The van der Waals surface area contributed by atoms with Gasteiger partial charge in [-0.15, -0.1) is 0 Å². The Kier molecular flexibility index (Phi) is 6.76. The first-order valence-electron chi connectivity index (χ1n) is 9.81. The van der Waals surface area contributed by atoms with E-state index in [0.717, 1.165) is 22.6 Å². The van der Waals surface area contributed by atoms with Gasteiger partial charge in [-0.2, -0.15) is 0 Å². The van der Waals surface area contributed by atoms with Gasteiger partial charge in [-0.05, 0) is 42.0 Å². The molecule has 2 heterocycles. The fraction of sp³-hybridized carbons (Fsp3) is 0.174. The summed E-state index contributed by atoms with van der Waals surface area (Å²) in [4.78, 5) is 29.9. The first-order valence-corrected chi connectivity index (χ1v) is 10.8. The molecule has 1 amide bonds. The summed E-state index contributed by atoms with van der Waals surface area (Å²) in [5.41, 5.74) is 2.39. The predicted molar refractivity (Wildman–Crippen MR) is 123 cm³/mol. The topological polar surface area (TPSA) is 99.1 Å². The number of amides is 1. The predicted octanol–water partition coefficient (Wildman–Crippen LogP) is 3.51. The van der Waals surface area contributed by atoms with Crippen molar-refractivity contribution in [2.45, 2.75) is 11.6 Å². The number of nitrogens with one attached hydrogen (secondary N) is 1. The summed E-state index contributed by atoms with van der Waals surface area (Å²) in [5.74, 6) is 2.24. The molecule has 4 rings (SSSR count). The van der Waals surface area contributed by atoms with Crippen LogP contribution < -0.4 is 14.8 Å². The maximum absolute atomic E-state index is 12.3. The van der Waals surface area contributed by atoms with Gasteiger partial charge in [0.05, 0.1) is 25.4 Å². The van der Waals surface area contributed by atoms with Gasteiger partial charge < -0.3 is 14.8 Å². The monoisotopic (exact) mass is 447 g/mol. The first-order chi connectivity index (χ1) is 15.7. The summed E-state index contributed by atoms with van der Waals surface area (Å²) >= 11 is 1.33. The zero-order valence-corrected chi connectivity index (χ0v) is 18.4. The molecule has 8 nitrogen and oxygen atoms in total. The average molecular weight is 448 g/mol. The van der Waals surface area contributed by atoms with Crippen molar-refractivity contribution < 1.29 is 14.3 Å². The zero-order valence-electron chi connectivity index (χ0n) is 17.6. The van der Waals surface area contributed by atoms with Crippen LogP contribution in [0.1, 0.15) is 5.56 Å². The molecule has 0 aliphatic carbocycles. The lowest BCUT2D eigenvalue weighted by Crippen LogP contribution is -2.24. The van der Waals surface area contributed by atoms with E-state index < -0.39 is 0 Å². The molecule has 2 aromatic carbocycles. The Morgan fingerprint density at radius 2 is 1.62 bits per heavy atom. The highest BCUT2D eigenvalue weighted by Crippen LogP contribution is 2.25. The quantitative estimate of drug-likeness (QED) is 0.324. The van der Waals surface area contributed by atoms with Gasteiger partial charge in [-0.3, -0.25) is 4.79 Å². The number of aromatic nitrogens is 4. The second-order valence-electron chi connectivity index (χ2n) is 6.75. The maximum Gasteiger partial charge on any atom is 0.230 e. The van der Waals surface area contributed by atoms with Gasteiger partial charge in [-0.25, -0.2) is 19.9 Å². The smallest absolute Gasteiger partial charge is 0.230 e. The molecular formula is C23H21N5O3S. The van der Waals surface area contributed by atoms with Crippen molar-refractivity contribution in [1.82, 2.24) is 25.3 Å². The van der Waals surface area contributed by atoms with Crippen LogP contribution in [0.4, 0.5) is 0 Å². The van der Waals surface area contributed by atoms with Crippen molar-refractivity contribution in [2.24, 2.45) is 0 Å². The molecular weight excluding hydrogens is 426 g/mol. The van der Waals surface area contributed by atoms with Crippen molar-refractivity contribution >= 4 is 28.7 Å². The Morgan fingerprint density at radius 3 is 2.31 bits per heavy atom. The fourth-order valence-corrected chi connectivity index (χ4v) is 3.74. The summed E-state index contributed by atoms with van der Waals surface area (Å²) < 4.78 is 10.3. The molecule has 0 radical (unpaired) electrons. The number of rotatable bonds is 8. The molecule has 0 saturated heterocycles. The molecule has 0 spiro atoms. The van der Waals surface area contributed by atoms with E-state index in [-0.39, 0.29) is 11.7 Å². The average Bonchev–Trinajstić information content (AvgIpc) is 2.86. The van der Waals surface area contributed by atoms with E-state index >= 15 is 0 Å². The minimum Gasteiger partial charge on any atom is -0.497 e. The molecule has 4 aromatic rings. The lowest BCUT2D eigenvalue weighted by molar-refractivity contribution is -0.118. The van der Waals surface area contributed by atoms with E-state index in [2.05, 4.69) is 25.3 Å². The highest BCUT2D eigenvalue weighted by atomic mass is 32.2. The number of hydrogen-bond acceptors (Lipinski definition) is 8. The molecule has 32 heavy (non-hydrogen) atoms. The van der Waals surface area contributed by atoms with Crippen molar-refractivity contribution in [3.63, 3.8) is 0 Å². The Morgan fingerprint density at radius 1 is 0.938 bits per heavy atom. The Bertz CT molecular complexity index is 1220. The minimum absolute atomic E-state index is 0.0895. The lowest BCUT2D eigenvalue weighted by Gasteiger charge is -2.08. The molecule has 1 N–H and O–H groups in total. The van der Waals surface area contributed by atoms with Crippen LogP contribution in [0.3, 0.4) is 0 Å². The van der Waals surface area contributed by atoms with Crippen LogP contribution >= 0.6 is 11.8 Å². The molecule has 0 bridgehead atoms. The second-order valence-corrected chi connectivity index (χ2v) is 7.72. The highest BCUT2D eigenvalue weighted by Gasteiger charge is 2.11. The fourth-order valence-electron chi connectivity index (χ4n) is 2.95. The third-order valence-electron chi connectivity index (χ3n) is 4.69. The van der Waals surface area contributed by atoms with E-state index in [0.29, 0.717) is 28.4 Å². The molecule has 0 saturated carbocycles. The summed E-state index contributed by atoms with van der Waals surface area (Å²) in [7, 11) is 3.24. The third-order valence-corrected chi connectivity index (χ3v) is 5.70. The van der Waals surface area contributed by atoms with E-state index in [1.807, 2.05) is 48.5 Å². The Labute approximate surface area is 189 Å². The standard InChI is InChI=1S/C23H21N5O3S/c1-30-17-7-3-15(4-8-17)11-24-20(29)13-32-23-19-12-25-21(28-22(19)26-14-27-23)16-5-9-18(31-2)10-6-16/h3-10,12,14H,11,13H2,1-2H3,(H,24,29). The van der Waals surface area contributed by atoms with Crippen molar-refractivity contribution in [3.8, 4) is 22.9 Å². The zero-order chi connectivity index (χ0) is 22.3. The van der Waals surface area contributed by atoms with Gasteiger partial charge >= 0.3 is 0 Å². The molecule has 9 heteroatoms. The number of methoxy groups -OCH3 is 2.